The Bertz CT molecular complexity index is 232. The zero-order chi connectivity index (χ0) is 13.1. The quantitative estimate of drug-likeness (QED) is 0.695. The highest BCUT2D eigenvalue weighted by molar-refractivity contribution is 5.97. The normalized spacial score (nSPS) is 27.8. The first-order valence-corrected chi connectivity index (χ1v) is 9.68. The molecule has 110 valence electrons. The molecule has 0 heterocycles. The smallest absolute Gasteiger partial charge is 0.145 e. The van der Waals surface area contributed by atoms with Crippen LogP contribution < -0.4 is 0 Å². The van der Waals surface area contributed by atoms with Crippen LogP contribution in [0.3, 0.4) is 0 Å². The SMILES string of the molecule is [SiH3]OCC(C1CCCC1)(C1CCCC1)C1CCCC1. The third-order valence-corrected chi connectivity index (χ3v) is 7.03. The van der Waals surface area contributed by atoms with E-state index in [-0.39, 0.29) is 0 Å². The monoisotopic (exact) mass is 280 g/mol. The maximum atomic E-state index is 5.98. The van der Waals surface area contributed by atoms with Gasteiger partial charge in [0.15, 0.2) is 0 Å². The van der Waals surface area contributed by atoms with Crippen LogP contribution in [-0.4, -0.2) is 17.1 Å². The van der Waals surface area contributed by atoms with Gasteiger partial charge in [0, 0.05) is 12.0 Å². The summed E-state index contributed by atoms with van der Waals surface area (Å²) in [5, 5.41) is 0. The summed E-state index contributed by atoms with van der Waals surface area (Å²) >= 11 is 0. The molecule has 0 unspecified atom stereocenters. The summed E-state index contributed by atoms with van der Waals surface area (Å²) in [6.07, 6.45) is 18.0. The van der Waals surface area contributed by atoms with E-state index in [2.05, 4.69) is 0 Å². The van der Waals surface area contributed by atoms with Gasteiger partial charge in [0.25, 0.3) is 0 Å². The van der Waals surface area contributed by atoms with E-state index in [0.29, 0.717) is 5.41 Å². The molecular weight excluding hydrogens is 248 g/mol. The summed E-state index contributed by atoms with van der Waals surface area (Å²) in [5.41, 5.74) is 0.602. The van der Waals surface area contributed by atoms with Crippen LogP contribution in [0, 0.1) is 23.2 Å². The van der Waals surface area contributed by atoms with E-state index in [0.717, 1.165) is 34.8 Å². The van der Waals surface area contributed by atoms with Gasteiger partial charge in [-0.1, -0.05) is 38.5 Å². The molecule has 0 saturated heterocycles. The van der Waals surface area contributed by atoms with E-state index in [9.17, 15) is 0 Å². The van der Waals surface area contributed by atoms with Crippen LogP contribution in [0.1, 0.15) is 77.0 Å². The molecular formula is C17H32OSi. The van der Waals surface area contributed by atoms with Gasteiger partial charge in [-0.25, -0.2) is 0 Å². The topological polar surface area (TPSA) is 9.23 Å². The van der Waals surface area contributed by atoms with Crippen molar-refractivity contribution in [3.63, 3.8) is 0 Å². The fourth-order valence-corrected chi connectivity index (χ4v) is 6.49. The molecule has 3 saturated carbocycles. The lowest BCUT2D eigenvalue weighted by Crippen LogP contribution is -2.46. The second kappa shape index (κ2) is 6.30. The molecule has 0 aliphatic heterocycles. The number of rotatable bonds is 5. The predicted molar refractivity (Wildman–Crippen MR) is 84.2 cm³/mol. The third-order valence-electron chi connectivity index (χ3n) is 6.74. The average Bonchev–Trinajstić information content (AvgIpc) is 3.18. The molecule has 0 aromatic carbocycles. The average molecular weight is 281 g/mol. The lowest BCUT2D eigenvalue weighted by molar-refractivity contribution is -0.0355. The van der Waals surface area contributed by atoms with Crippen LogP contribution >= 0.6 is 0 Å². The molecule has 0 aromatic rings. The zero-order valence-electron chi connectivity index (χ0n) is 12.8. The minimum atomic E-state index is 0.602. The van der Waals surface area contributed by atoms with E-state index in [4.69, 9.17) is 4.43 Å². The van der Waals surface area contributed by atoms with Gasteiger partial charge in [-0.2, -0.15) is 0 Å². The molecule has 19 heavy (non-hydrogen) atoms. The maximum Gasteiger partial charge on any atom is 0.145 e. The molecule has 0 bridgehead atoms. The molecule has 3 fully saturated rings. The Morgan fingerprint density at radius 2 is 1.00 bits per heavy atom. The van der Waals surface area contributed by atoms with Crippen molar-refractivity contribution < 1.29 is 4.43 Å². The first kappa shape index (κ1) is 14.1. The van der Waals surface area contributed by atoms with Gasteiger partial charge >= 0.3 is 0 Å². The molecule has 3 aliphatic carbocycles. The van der Waals surface area contributed by atoms with Crippen LogP contribution in [0.25, 0.3) is 0 Å². The van der Waals surface area contributed by atoms with Gasteiger partial charge < -0.3 is 4.43 Å². The Labute approximate surface area is 122 Å². The van der Waals surface area contributed by atoms with E-state index >= 15 is 0 Å². The van der Waals surface area contributed by atoms with E-state index in [1.165, 1.54) is 77.0 Å². The lowest BCUT2D eigenvalue weighted by atomic mass is 9.58. The highest BCUT2D eigenvalue weighted by Gasteiger charge is 2.51. The standard InChI is InChI=1S/C17H32OSi/c19-18-13-17(14-7-1-2-8-14,15-9-3-4-10-15)16-11-5-6-12-16/h14-16H,1-13H2,19H3. The molecule has 0 atom stereocenters. The number of hydrogen-bond donors (Lipinski definition) is 0. The maximum absolute atomic E-state index is 5.98. The Hall–Kier alpha value is 0.177. The van der Waals surface area contributed by atoms with Gasteiger partial charge in [-0.15, -0.1) is 0 Å². The van der Waals surface area contributed by atoms with E-state index in [1.807, 2.05) is 0 Å². The summed E-state index contributed by atoms with van der Waals surface area (Å²) < 4.78 is 5.98. The van der Waals surface area contributed by atoms with Gasteiger partial charge in [0.05, 0.1) is 0 Å². The van der Waals surface area contributed by atoms with Crippen LogP contribution in [0.5, 0.6) is 0 Å². The highest BCUT2D eigenvalue weighted by atomic mass is 28.2. The molecule has 0 aromatic heterocycles. The summed E-state index contributed by atoms with van der Waals surface area (Å²) in [6, 6.07) is 0. The van der Waals surface area contributed by atoms with E-state index in [1.54, 1.807) is 0 Å². The summed E-state index contributed by atoms with van der Waals surface area (Å²) in [6.45, 7) is 1.12. The van der Waals surface area contributed by atoms with Crippen molar-refractivity contribution in [1.82, 2.24) is 0 Å². The summed E-state index contributed by atoms with van der Waals surface area (Å²) in [5.74, 6) is 3.02. The first-order chi connectivity index (χ1) is 9.38. The largest absolute Gasteiger partial charge is 0.427 e. The summed E-state index contributed by atoms with van der Waals surface area (Å²) in [7, 11) is 0.934. The van der Waals surface area contributed by atoms with Crippen molar-refractivity contribution in [3.8, 4) is 0 Å². The van der Waals surface area contributed by atoms with Gasteiger partial charge in [-0.05, 0) is 56.3 Å². The molecule has 0 spiro atoms. The third kappa shape index (κ3) is 2.55. The van der Waals surface area contributed by atoms with Crippen molar-refractivity contribution in [2.24, 2.45) is 23.2 Å². The van der Waals surface area contributed by atoms with Crippen molar-refractivity contribution in [2.75, 3.05) is 6.61 Å². The lowest BCUT2D eigenvalue weighted by Gasteiger charge is -2.49. The predicted octanol–water partition coefficient (Wildman–Crippen LogP) is 3.84. The molecule has 2 heteroatoms. The molecule has 0 radical (unpaired) electrons. The van der Waals surface area contributed by atoms with Crippen LogP contribution in [-0.2, 0) is 4.43 Å². The van der Waals surface area contributed by atoms with Crippen LogP contribution in [0.2, 0.25) is 0 Å². The van der Waals surface area contributed by atoms with Gasteiger partial charge in [-0.3, -0.25) is 0 Å². The molecule has 3 rings (SSSR count). The Balaban J connectivity index is 1.88. The molecule has 0 N–H and O–H groups in total. The van der Waals surface area contributed by atoms with E-state index < -0.39 is 0 Å². The fourth-order valence-electron chi connectivity index (χ4n) is 5.99. The Morgan fingerprint density at radius 1 is 0.684 bits per heavy atom. The Kier molecular flexibility index (Phi) is 4.68. The minimum absolute atomic E-state index is 0.602. The second-order valence-corrected chi connectivity index (χ2v) is 8.07. The van der Waals surface area contributed by atoms with Crippen LogP contribution in [0.4, 0.5) is 0 Å². The number of hydrogen-bond acceptors (Lipinski definition) is 1. The van der Waals surface area contributed by atoms with Crippen LogP contribution in [0.15, 0.2) is 0 Å². The fraction of sp³-hybridized carbons (Fsp3) is 1.00. The first-order valence-electron chi connectivity index (χ1n) is 8.87. The summed E-state index contributed by atoms with van der Waals surface area (Å²) in [4.78, 5) is 0. The molecule has 3 aliphatic rings. The minimum Gasteiger partial charge on any atom is -0.427 e. The highest BCUT2D eigenvalue weighted by Crippen LogP contribution is 2.58. The molecule has 0 amide bonds. The molecule has 1 nitrogen and oxygen atoms in total. The second-order valence-electron chi connectivity index (χ2n) is 7.49. The van der Waals surface area contributed by atoms with Crippen molar-refractivity contribution in [1.29, 1.82) is 0 Å². The Morgan fingerprint density at radius 3 is 1.26 bits per heavy atom. The zero-order valence-corrected chi connectivity index (χ0v) is 14.8. The van der Waals surface area contributed by atoms with Crippen molar-refractivity contribution >= 4 is 10.5 Å². The van der Waals surface area contributed by atoms with Crippen molar-refractivity contribution in [3.05, 3.63) is 0 Å². The van der Waals surface area contributed by atoms with Crippen molar-refractivity contribution in [2.45, 2.75) is 77.0 Å². The van der Waals surface area contributed by atoms with Gasteiger partial charge in [0.1, 0.15) is 10.5 Å². The van der Waals surface area contributed by atoms with Gasteiger partial charge in [0.2, 0.25) is 0 Å².